The van der Waals surface area contributed by atoms with Crippen LogP contribution in [0.1, 0.15) is 93.4 Å². The van der Waals surface area contributed by atoms with Crippen molar-refractivity contribution in [1.82, 2.24) is 37.2 Å². The number of nitrogens with one attached hydrogen (secondary N) is 7. The van der Waals surface area contributed by atoms with Crippen LogP contribution in [0.25, 0.3) is 0 Å². The normalized spacial score (nSPS) is 15.9. The van der Waals surface area contributed by atoms with Crippen LogP contribution in [0.15, 0.2) is 4.99 Å². The number of primary amides is 2. The molecule has 346 valence electrons. The van der Waals surface area contributed by atoms with E-state index in [1.807, 2.05) is 6.92 Å². The number of aliphatic hydroxyl groups excluding tert-OH is 1. The molecule has 24 nitrogen and oxygen atoms in total. The number of hydrogen-bond acceptors (Lipinski definition) is 13. The third-order valence-electron chi connectivity index (χ3n) is 9.27. The molecular formula is C37H67N13O11. The zero-order valence-electron chi connectivity index (χ0n) is 35.9. The van der Waals surface area contributed by atoms with Crippen molar-refractivity contribution in [3.8, 4) is 0 Å². The van der Waals surface area contributed by atoms with Crippen LogP contribution in [-0.2, 0) is 47.9 Å². The van der Waals surface area contributed by atoms with Gasteiger partial charge in [-0.3, -0.25) is 48.1 Å². The van der Waals surface area contributed by atoms with Crippen LogP contribution >= 0.6 is 0 Å². The lowest BCUT2D eigenvalue weighted by Gasteiger charge is -2.28. The lowest BCUT2D eigenvalue weighted by molar-refractivity contribution is -0.137. The van der Waals surface area contributed by atoms with Gasteiger partial charge in [0, 0.05) is 13.0 Å². The predicted octanol–water partition coefficient (Wildman–Crippen LogP) is -5.39. The van der Waals surface area contributed by atoms with Crippen LogP contribution in [0, 0.1) is 11.8 Å². The minimum atomic E-state index is -1.69. The van der Waals surface area contributed by atoms with Gasteiger partial charge in [0.25, 0.3) is 0 Å². The van der Waals surface area contributed by atoms with Crippen molar-refractivity contribution in [2.45, 2.75) is 148 Å². The minimum absolute atomic E-state index is 0.00440. The fourth-order valence-electron chi connectivity index (χ4n) is 5.45. The van der Waals surface area contributed by atoms with Crippen LogP contribution in [0.5, 0.6) is 0 Å². The summed E-state index contributed by atoms with van der Waals surface area (Å²) in [4.78, 5) is 131. The first kappa shape index (κ1) is 55.1. The van der Waals surface area contributed by atoms with Crippen LogP contribution < -0.4 is 65.9 Å². The Balaban J connectivity index is 6.08. The van der Waals surface area contributed by atoms with Gasteiger partial charge in [0.2, 0.25) is 53.2 Å². The maximum atomic E-state index is 13.7. The maximum absolute atomic E-state index is 13.7. The SMILES string of the molecule is CC[C@H](C)[C@@H](C=O)NC(=O)[C@H](C)NC(=O)[C@H](CCC(N)=O)NC(=O)[C@H](CC(C)C)NC(=O)[C@@H](NC(=O)[C@H](C)NC(=O)[C@H](CCCN=C(N)N)NC(=O)[C@@H](N)CC(N)=O)[C@@H](C)O. The first-order valence-electron chi connectivity index (χ1n) is 20.0. The minimum Gasteiger partial charge on any atom is -0.391 e. The fraction of sp³-hybridized carbons (Fsp3) is 0.703. The van der Waals surface area contributed by atoms with E-state index in [4.69, 9.17) is 28.7 Å². The molecule has 0 aliphatic rings. The van der Waals surface area contributed by atoms with Gasteiger partial charge in [-0.05, 0) is 58.3 Å². The summed E-state index contributed by atoms with van der Waals surface area (Å²) in [6, 6.07) is -10.5. The summed E-state index contributed by atoms with van der Waals surface area (Å²) in [7, 11) is 0. The third kappa shape index (κ3) is 21.8. The van der Waals surface area contributed by atoms with Gasteiger partial charge in [-0.15, -0.1) is 0 Å². The Morgan fingerprint density at radius 3 is 1.57 bits per heavy atom. The summed E-state index contributed by atoms with van der Waals surface area (Å²) in [6.07, 6.45) is -1.38. The number of aliphatic imine (C=N–C) groups is 1. The molecule has 10 atom stereocenters. The Labute approximate surface area is 355 Å². The van der Waals surface area contributed by atoms with E-state index in [2.05, 4.69) is 42.2 Å². The molecule has 0 aliphatic heterocycles. The van der Waals surface area contributed by atoms with Gasteiger partial charge in [-0.1, -0.05) is 34.1 Å². The van der Waals surface area contributed by atoms with E-state index in [9.17, 15) is 53.1 Å². The second-order valence-corrected chi connectivity index (χ2v) is 15.3. The Hall–Kier alpha value is -5.91. The Morgan fingerprint density at radius 1 is 0.623 bits per heavy atom. The quantitative estimate of drug-likeness (QED) is 0.0145. The molecule has 0 fully saturated rings. The van der Waals surface area contributed by atoms with Crippen molar-refractivity contribution >= 4 is 65.4 Å². The predicted molar refractivity (Wildman–Crippen MR) is 222 cm³/mol. The molecule has 0 aromatic heterocycles. The van der Waals surface area contributed by atoms with Gasteiger partial charge in [-0.2, -0.15) is 0 Å². The van der Waals surface area contributed by atoms with Gasteiger partial charge < -0.3 is 75.8 Å². The van der Waals surface area contributed by atoms with Gasteiger partial charge in [-0.25, -0.2) is 0 Å². The van der Waals surface area contributed by atoms with E-state index in [0.29, 0.717) is 12.7 Å². The molecule has 0 spiro atoms. The van der Waals surface area contributed by atoms with Crippen molar-refractivity contribution in [2.75, 3.05) is 6.54 Å². The number of carbonyl (C=O) groups is 10. The van der Waals surface area contributed by atoms with Crippen LogP contribution in [0.3, 0.4) is 0 Å². The third-order valence-corrected chi connectivity index (χ3v) is 9.27. The average molecular weight is 870 g/mol. The molecule has 0 saturated carbocycles. The molecule has 0 aromatic carbocycles. The van der Waals surface area contributed by atoms with E-state index < -0.39 is 114 Å². The molecule has 0 aliphatic carbocycles. The maximum Gasteiger partial charge on any atom is 0.245 e. The molecule has 9 amide bonds. The first-order valence-corrected chi connectivity index (χ1v) is 20.0. The smallest absolute Gasteiger partial charge is 0.245 e. The van der Waals surface area contributed by atoms with Crippen LogP contribution in [-0.4, -0.2) is 132 Å². The Morgan fingerprint density at radius 2 is 1.11 bits per heavy atom. The highest BCUT2D eigenvalue weighted by Crippen LogP contribution is 2.10. The largest absolute Gasteiger partial charge is 0.391 e. The van der Waals surface area contributed by atoms with E-state index >= 15 is 0 Å². The van der Waals surface area contributed by atoms with E-state index in [-0.39, 0.29) is 56.4 Å². The summed E-state index contributed by atoms with van der Waals surface area (Å²) in [5.41, 5.74) is 26.8. The van der Waals surface area contributed by atoms with Crippen LogP contribution in [0.2, 0.25) is 0 Å². The summed E-state index contributed by atoms with van der Waals surface area (Å²) >= 11 is 0. The van der Waals surface area contributed by atoms with Gasteiger partial charge in [0.15, 0.2) is 5.96 Å². The molecule has 0 radical (unpaired) electrons. The fourth-order valence-corrected chi connectivity index (χ4v) is 5.45. The highest BCUT2D eigenvalue weighted by molar-refractivity contribution is 5.98. The molecule has 0 unspecified atom stereocenters. The summed E-state index contributed by atoms with van der Waals surface area (Å²) in [5, 5.41) is 27.6. The van der Waals surface area contributed by atoms with Gasteiger partial charge in [0.1, 0.15) is 42.5 Å². The second-order valence-electron chi connectivity index (χ2n) is 15.3. The van der Waals surface area contributed by atoms with Crippen molar-refractivity contribution in [1.29, 1.82) is 0 Å². The first-order chi connectivity index (χ1) is 28.3. The van der Waals surface area contributed by atoms with Crippen molar-refractivity contribution in [3.05, 3.63) is 0 Å². The monoisotopic (exact) mass is 870 g/mol. The molecule has 61 heavy (non-hydrogen) atoms. The molecule has 0 bridgehead atoms. The lowest BCUT2D eigenvalue weighted by Crippen LogP contribution is -2.61. The highest BCUT2D eigenvalue weighted by Gasteiger charge is 2.34. The average Bonchev–Trinajstić information content (AvgIpc) is 3.16. The molecule has 0 rings (SSSR count). The molecule has 0 aromatic rings. The summed E-state index contributed by atoms with van der Waals surface area (Å²) < 4.78 is 0. The number of nitrogens with zero attached hydrogens (tertiary/aromatic N) is 1. The Kier molecular flexibility index (Phi) is 25.1. The highest BCUT2D eigenvalue weighted by atomic mass is 16.3. The van der Waals surface area contributed by atoms with Crippen LogP contribution in [0.4, 0.5) is 0 Å². The number of nitrogens with two attached hydrogens (primary N) is 5. The molecule has 18 N–H and O–H groups in total. The van der Waals surface area contributed by atoms with Gasteiger partial charge >= 0.3 is 0 Å². The zero-order valence-corrected chi connectivity index (χ0v) is 35.9. The number of aldehydes is 1. The van der Waals surface area contributed by atoms with E-state index in [0.717, 1.165) is 0 Å². The molecular weight excluding hydrogens is 802 g/mol. The second kappa shape index (κ2) is 27.8. The van der Waals surface area contributed by atoms with E-state index in [1.165, 1.54) is 20.8 Å². The number of rotatable bonds is 29. The number of aliphatic hydroxyl groups is 1. The number of hydrogen-bond donors (Lipinski definition) is 13. The topological polar surface area (TPSA) is 418 Å². The zero-order chi connectivity index (χ0) is 47.1. The Bertz CT molecular complexity index is 1570. The molecule has 24 heteroatoms. The lowest BCUT2D eigenvalue weighted by atomic mass is 10.00. The molecule has 0 heterocycles. The van der Waals surface area contributed by atoms with E-state index in [1.54, 1.807) is 20.8 Å². The van der Waals surface area contributed by atoms with Crippen molar-refractivity contribution < 1.29 is 53.1 Å². The number of amides is 9. The number of guanidine groups is 1. The van der Waals surface area contributed by atoms with Crippen molar-refractivity contribution in [2.24, 2.45) is 45.5 Å². The summed E-state index contributed by atoms with van der Waals surface area (Å²) in [6.45, 7) is 10.9. The van der Waals surface area contributed by atoms with Gasteiger partial charge in [0.05, 0.1) is 24.6 Å². The van der Waals surface area contributed by atoms with Crippen molar-refractivity contribution in [3.63, 3.8) is 0 Å². The molecule has 0 saturated heterocycles. The standard InChI is InChI=1S/C37H67N13O11/c1-8-18(4)26(16-51)49-30(55)19(5)44-34(59)24(11-12-27(39)53)47-35(60)25(14-17(2)3)48-36(61)29(21(7)52)50-31(56)20(6)45-33(58)23(10-9-13-43-37(41)42)46-32(57)22(38)15-28(40)54/h16-26,29,52H,8-15,38H2,1-7H3,(H2,39,53)(H2,40,54)(H,44,59)(H,45,58)(H,46,57)(H,47,60)(H,48,61)(H,49,55)(H,50,56)(H4,41,42,43)/t18-,19-,20-,21+,22-,23-,24-,25-,26+,29-/m0/s1. The summed E-state index contributed by atoms with van der Waals surface area (Å²) in [5.74, 6) is -8.44. The number of carbonyl (C=O) groups excluding carboxylic acids is 10.